The molecule has 96 valence electrons. The molecule has 0 saturated carbocycles. The number of nitrogens with zero attached hydrogens (tertiary/aromatic N) is 2. The Morgan fingerprint density at radius 1 is 1.33 bits per heavy atom. The molecule has 0 bridgehead atoms. The smallest absolute Gasteiger partial charge is 0.270 e. The fourth-order valence-corrected chi connectivity index (χ4v) is 2.37. The predicted octanol–water partition coefficient (Wildman–Crippen LogP) is 4.08. The molecule has 1 aromatic carbocycles. The fraction of sp³-hybridized carbons (Fsp3) is 0.429. The van der Waals surface area contributed by atoms with E-state index >= 15 is 0 Å². The molecule has 0 saturated heterocycles. The monoisotopic (exact) mass is 246 g/mol. The maximum absolute atomic E-state index is 10.8. The molecule has 0 N–H and O–H groups in total. The number of nitro groups is 1. The number of hydrogen-bond donors (Lipinski definition) is 0. The minimum Gasteiger partial charge on any atom is -0.342 e. The van der Waals surface area contributed by atoms with E-state index < -0.39 is 0 Å². The van der Waals surface area contributed by atoms with Gasteiger partial charge < -0.3 is 4.57 Å². The van der Waals surface area contributed by atoms with E-state index in [-0.39, 0.29) is 10.6 Å². The number of non-ortho nitro benzene ring substituents is 1. The Morgan fingerprint density at radius 2 is 2.06 bits per heavy atom. The van der Waals surface area contributed by atoms with Gasteiger partial charge in [0.15, 0.2) is 0 Å². The summed E-state index contributed by atoms with van der Waals surface area (Å²) >= 11 is 0. The molecule has 0 spiro atoms. The normalized spacial score (nSPS) is 12.8. The Bertz CT molecular complexity index is 587. The highest BCUT2D eigenvalue weighted by Crippen LogP contribution is 2.28. The first-order valence-electron chi connectivity index (χ1n) is 6.36. The summed E-state index contributed by atoms with van der Waals surface area (Å²) in [5.74, 6) is 0. The van der Waals surface area contributed by atoms with Gasteiger partial charge in [-0.1, -0.05) is 13.8 Å². The van der Waals surface area contributed by atoms with Crippen LogP contribution in [-0.2, 0) is 6.42 Å². The molecule has 1 atom stereocenters. The van der Waals surface area contributed by atoms with Gasteiger partial charge in [-0.2, -0.15) is 0 Å². The quantitative estimate of drug-likeness (QED) is 0.602. The lowest BCUT2D eigenvalue weighted by atomic mass is 10.2. The summed E-state index contributed by atoms with van der Waals surface area (Å²) in [6, 6.07) is 7.58. The Morgan fingerprint density at radius 3 is 2.61 bits per heavy atom. The Labute approximate surface area is 106 Å². The van der Waals surface area contributed by atoms with Crippen molar-refractivity contribution in [3.63, 3.8) is 0 Å². The van der Waals surface area contributed by atoms with Gasteiger partial charge in [0.1, 0.15) is 0 Å². The third-order valence-corrected chi connectivity index (χ3v) is 3.51. The van der Waals surface area contributed by atoms with Crippen LogP contribution in [0, 0.1) is 10.1 Å². The molecule has 0 radical (unpaired) electrons. The summed E-state index contributed by atoms with van der Waals surface area (Å²) < 4.78 is 2.29. The molecule has 1 heterocycles. The minimum atomic E-state index is -0.342. The van der Waals surface area contributed by atoms with Crippen molar-refractivity contribution in [3.05, 3.63) is 40.1 Å². The van der Waals surface area contributed by atoms with E-state index in [0.717, 1.165) is 23.7 Å². The molecule has 18 heavy (non-hydrogen) atoms. The molecular weight excluding hydrogens is 228 g/mol. The number of benzene rings is 1. The van der Waals surface area contributed by atoms with E-state index in [1.807, 2.05) is 6.07 Å². The second-order valence-corrected chi connectivity index (χ2v) is 4.62. The predicted molar refractivity (Wildman–Crippen MR) is 73.0 cm³/mol. The van der Waals surface area contributed by atoms with Crippen LogP contribution in [0.2, 0.25) is 0 Å². The molecule has 0 amide bonds. The van der Waals surface area contributed by atoms with Crippen LogP contribution in [0.5, 0.6) is 0 Å². The van der Waals surface area contributed by atoms with Crippen LogP contribution in [0.15, 0.2) is 24.3 Å². The van der Waals surface area contributed by atoms with Crippen molar-refractivity contribution < 1.29 is 4.92 Å². The summed E-state index contributed by atoms with van der Waals surface area (Å²) in [6.07, 6.45) is 1.99. The standard InChI is InChI=1S/C14H18N2O2/c1-4-10(3)15-12(5-2)8-11-9-13(16(17)18)6-7-14(11)15/h6-10H,4-5H2,1-3H3/t10-/m1/s1. The molecule has 4 nitrogen and oxygen atoms in total. The summed E-state index contributed by atoms with van der Waals surface area (Å²) in [7, 11) is 0. The van der Waals surface area contributed by atoms with E-state index in [1.54, 1.807) is 12.1 Å². The zero-order valence-corrected chi connectivity index (χ0v) is 11.0. The van der Waals surface area contributed by atoms with Crippen LogP contribution >= 0.6 is 0 Å². The minimum absolute atomic E-state index is 0.159. The molecule has 1 aromatic heterocycles. The number of fused-ring (bicyclic) bond motifs is 1. The highest BCUT2D eigenvalue weighted by molar-refractivity contribution is 5.83. The van der Waals surface area contributed by atoms with Crippen LogP contribution in [0.1, 0.15) is 38.9 Å². The highest BCUT2D eigenvalue weighted by atomic mass is 16.6. The van der Waals surface area contributed by atoms with Gasteiger partial charge in [0.2, 0.25) is 0 Å². The fourth-order valence-electron chi connectivity index (χ4n) is 2.37. The average Bonchev–Trinajstić information content (AvgIpc) is 2.74. The zero-order chi connectivity index (χ0) is 13.3. The van der Waals surface area contributed by atoms with Gasteiger partial charge in [-0.25, -0.2) is 0 Å². The molecular formula is C14H18N2O2. The SMILES string of the molecule is CCc1cc2cc([N+](=O)[O-])ccc2n1[C@H](C)CC. The van der Waals surface area contributed by atoms with E-state index in [1.165, 1.54) is 5.69 Å². The van der Waals surface area contributed by atoms with Crippen molar-refractivity contribution in [2.75, 3.05) is 0 Å². The number of aromatic nitrogens is 1. The first-order valence-corrected chi connectivity index (χ1v) is 6.36. The van der Waals surface area contributed by atoms with Crippen molar-refractivity contribution in [1.29, 1.82) is 0 Å². The van der Waals surface area contributed by atoms with Gasteiger partial charge in [0.25, 0.3) is 5.69 Å². The molecule has 4 heteroatoms. The largest absolute Gasteiger partial charge is 0.342 e. The third kappa shape index (κ3) is 1.98. The van der Waals surface area contributed by atoms with Gasteiger partial charge in [-0.3, -0.25) is 10.1 Å². The van der Waals surface area contributed by atoms with Crippen LogP contribution in [0.3, 0.4) is 0 Å². The molecule has 2 aromatic rings. The second-order valence-electron chi connectivity index (χ2n) is 4.62. The number of rotatable bonds is 4. The van der Waals surface area contributed by atoms with Gasteiger partial charge in [-0.05, 0) is 31.9 Å². The lowest BCUT2D eigenvalue weighted by molar-refractivity contribution is -0.384. The molecule has 2 rings (SSSR count). The summed E-state index contributed by atoms with van der Waals surface area (Å²) in [5, 5.41) is 11.8. The Hall–Kier alpha value is -1.84. The topological polar surface area (TPSA) is 48.1 Å². The highest BCUT2D eigenvalue weighted by Gasteiger charge is 2.14. The van der Waals surface area contributed by atoms with E-state index in [0.29, 0.717) is 6.04 Å². The molecule has 0 aliphatic heterocycles. The van der Waals surface area contributed by atoms with Crippen LogP contribution in [-0.4, -0.2) is 9.49 Å². The average molecular weight is 246 g/mol. The van der Waals surface area contributed by atoms with Crippen molar-refractivity contribution in [2.45, 2.75) is 39.7 Å². The summed E-state index contributed by atoms with van der Waals surface area (Å²) in [6.45, 7) is 6.45. The molecule has 0 aliphatic rings. The molecule has 0 aliphatic carbocycles. The van der Waals surface area contributed by atoms with Crippen LogP contribution in [0.25, 0.3) is 10.9 Å². The van der Waals surface area contributed by atoms with Crippen molar-refractivity contribution in [1.82, 2.24) is 4.57 Å². The Kier molecular flexibility index (Phi) is 3.36. The maximum atomic E-state index is 10.8. The summed E-state index contributed by atoms with van der Waals surface area (Å²) in [5.41, 5.74) is 2.48. The molecule has 0 fully saturated rings. The lowest BCUT2D eigenvalue weighted by Gasteiger charge is -2.16. The van der Waals surface area contributed by atoms with Gasteiger partial charge in [-0.15, -0.1) is 0 Å². The van der Waals surface area contributed by atoms with E-state index in [4.69, 9.17) is 0 Å². The van der Waals surface area contributed by atoms with E-state index in [2.05, 4.69) is 31.4 Å². The maximum Gasteiger partial charge on any atom is 0.270 e. The lowest BCUT2D eigenvalue weighted by Crippen LogP contribution is -2.06. The van der Waals surface area contributed by atoms with Gasteiger partial charge in [0.05, 0.1) is 4.92 Å². The number of hydrogen-bond acceptors (Lipinski definition) is 2. The first kappa shape index (κ1) is 12.6. The van der Waals surface area contributed by atoms with Crippen molar-refractivity contribution in [2.24, 2.45) is 0 Å². The van der Waals surface area contributed by atoms with E-state index in [9.17, 15) is 10.1 Å². The first-order chi connectivity index (χ1) is 8.58. The van der Waals surface area contributed by atoms with Crippen LogP contribution in [0.4, 0.5) is 5.69 Å². The Balaban J connectivity index is 2.66. The van der Waals surface area contributed by atoms with Crippen molar-refractivity contribution in [3.8, 4) is 0 Å². The second kappa shape index (κ2) is 4.80. The number of nitro benzene ring substituents is 1. The van der Waals surface area contributed by atoms with Gasteiger partial charge >= 0.3 is 0 Å². The van der Waals surface area contributed by atoms with Crippen molar-refractivity contribution >= 4 is 16.6 Å². The summed E-state index contributed by atoms with van der Waals surface area (Å²) in [4.78, 5) is 10.5. The number of aryl methyl sites for hydroxylation is 1. The van der Waals surface area contributed by atoms with Crippen LogP contribution < -0.4 is 0 Å². The molecule has 0 unspecified atom stereocenters. The van der Waals surface area contributed by atoms with Gasteiger partial charge in [0, 0.05) is 34.8 Å². The third-order valence-electron chi connectivity index (χ3n) is 3.51. The zero-order valence-electron chi connectivity index (χ0n) is 11.0.